The number of hydrogen-bond acceptors (Lipinski definition) is 4. The maximum absolute atomic E-state index is 13.1. The normalized spacial score (nSPS) is 16.2. The molecule has 2 aromatic rings. The lowest BCUT2D eigenvalue weighted by atomic mass is 9.93. The average Bonchev–Trinajstić information content (AvgIpc) is 2.73. The molecule has 1 aliphatic heterocycles. The second-order valence-electron chi connectivity index (χ2n) is 6.83. The second kappa shape index (κ2) is 8.33. The molecule has 0 saturated carbocycles. The van der Waals surface area contributed by atoms with E-state index in [9.17, 15) is 10.1 Å². The SMILES string of the molecule is COc1ccccc1N1C(=S)N[C@H](c2cccc(C#N)c2)C(C(=O)N(C)C)=C1C. The van der Waals surface area contributed by atoms with Crippen molar-refractivity contribution in [1.82, 2.24) is 10.2 Å². The maximum atomic E-state index is 13.1. The number of ether oxygens (including phenoxy) is 1. The van der Waals surface area contributed by atoms with Crippen molar-refractivity contribution in [2.75, 3.05) is 26.1 Å². The zero-order valence-corrected chi connectivity index (χ0v) is 17.6. The van der Waals surface area contributed by atoms with Gasteiger partial charge in [-0.2, -0.15) is 5.26 Å². The number of carbonyl (C=O) groups excluding carboxylic acids is 1. The van der Waals surface area contributed by atoms with Crippen molar-refractivity contribution in [3.63, 3.8) is 0 Å². The van der Waals surface area contributed by atoms with Crippen LogP contribution in [0.1, 0.15) is 24.1 Å². The number of nitrogens with zero attached hydrogens (tertiary/aromatic N) is 3. The Balaban J connectivity index is 2.21. The van der Waals surface area contributed by atoms with Crippen LogP contribution in [0.5, 0.6) is 5.75 Å². The number of benzene rings is 2. The van der Waals surface area contributed by atoms with Gasteiger partial charge in [-0.3, -0.25) is 9.69 Å². The summed E-state index contributed by atoms with van der Waals surface area (Å²) >= 11 is 5.67. The van der Waals surface area contributed by atoms with Crippen molar-refractivity contribution in [3.8, 4) is 11.8 Å². The molecule has 7 heteroatoms. The third-order valence-corrected chi connectivity index (χ3v) is 5.10. The van der Waals surface area contributed by atoms with E-state index in [-0.39, 0.29) is 5.91 Å². The molecule has 1 aliphatic rings. The summed E-state index contributed by atoms with van der Waals surface area (Å²) in [7, 11) is 5.03. The number of methoxy groups -OCH3 is 1. The van der Waals surface area contributed by atoms with E-state index in [4.69, 9.17) is 17.0 Å². The van der Waals surface area contributed by atoms with Crippen LogP contribution in [0.4, 0.5) is 5.69 Å². The Kier molecular flexibility index (Phi) is 5.85. The van der Waals surface area contributed by atoms with Gasteiger partial charge in [0.2, 0.25) is 0 Å². The number of likely N-dealkylation sites (N-methyl/N-ethyl adjacent to an activating group) is 1. The van der Waals surface area contributed by atoms with Crippen LogP contribution in [-0.4, -0.2) is 37.1 Å². The maximum Gasteiger partial charge on any atom is 0.253 e. The van der Waals surface area contributed by atoms with Crippen LogP contribution in [-0.2, 0) is 4.79 Å². The van der Waals surface area contributed by atoms with E-state index in [1.54, 1.807) is 39.4 Å². The Morgan fingerprint density at radius 2 is 1.97 bits per heavy atom. The van der Waals surface area contributed by atoms with Crippen LogP contribution in [0.25, 0.3) is 0 Å². The van der Waals surface area contributed by atoms with Gasteiger partial charge in [0.1, 0.15) is 5.75 Å². The molecule has 1 amide bonds. The fourth-order valence-electron chi connectivity index (χ4n) is 3.40. The molecule has 0 aromatic heterocycles. The summed E-state index contributed by atoms with van der Waals surface area (Å²) < 4.78 is 5.50. The van der Waals surface area contributed by atoms with Crippen LogP contribution < -0.4 is 15.0 Å². The highest BCUT2D eigenvalue weighted by molar-refractivity contribution is 7.80. The highest BCUT2D eigenvalue weighted by Gasteiger charge is 2.36. The zero-order valence-electron chi connectivity index (χ0n) is 16.8. The molecule has 29 heavy (non-hydrogen) atoms. The van der Waals surface area contributed by atoms with E-state index >= 15 is 0 Å². The summed E-state index contributed by atoms with van der Waals surface area (Å²) in [4.78, 5) is 16.5. The minimum absolute atomic E-state index is 0.134. The van der Waals surface area contributed by atoms with Gasteiger partial charge >= 0.3 is 0 Å². The Morgan fingerprint density at radius 1 is 1.24 bits per heavy atom. The molecule has 1 N–H and O–H groups in total. The van der Waals surface area contributed by atoms with Crippen molar-refractivity contribution >= 4 is 28.9 Å². The molecule has 0 unspecified atom stereocenters. The van der Waals surface area contributed by atoms with Crippen LogP contribution in [0.2, 0.25) is 0 Å². The molecule has 0 fully saturated rings. The summed E-state index contributed by atoms with van der Waals surface area (Å²) in [6.45, 7) is 1.87. The van der Waals surface area contributed by atoms with Crippen LogP contribution in [0, 0.1) is 11.3 Å². The fourth-order valence-corrected chi connectivity index (χ4v) is 3.76. The van der Waals surface area contributed by atoms with E-state index < -0.39 is 6.04 Å². The average molecular weight is 407 g/mol. The molecule has 0 saturated heterocycles. The van der Waals surface area contributed by atoms with Gasteiger partial charge in [-0.25, -0.2) is 0 Å². The molecular formula is C22H22N4O2S. The number of para-hydroxylation sites is 2. The fraction of sp³-hybridized carbons (Fsp3) is 0.227. The van der Waals surface area contributed by atoms with Crippen molar-refractivity contribution in [1.29, 1.82) is 5.26 Å². The number of rotatable bonds is 4. The van der Waals surface area contributed by atoms with Gasteiger partial charge < -0.3 is 15.0 Å². The smallest absolute Gasteiger partial charge is 0.253 e. The largest absolute Gasteiger partial charge is 0.495 e. The predicted molar refractivity (Wildman–Crippen MR) is 116 cm³/mol. The molecule has 0 aliphatic carbocycles. The number of allylic oxidation sites excluding steroid dienone is 1. The number of thiocarbonyl (C=S) groups is 1. The molecule has 1 atom stereocenters. The van der Waals surface area contributed by atoms with E-state index in [1.165, 1.54) is 4.90 Å². The Hall–Kier alpha value is -3.37. The van der Waals surface area contributed by atoms with Crippen LogP contribution in [0.3, 0.4) is 0 Å². The minimum atomic E-state index is -0.461. The van der Waals surface area contributed by atoms with E-state index in [0.717, 1.165) is 11.3 Å². The number of anilines is 1. The van der Waals surface area contributed by atoms with Gasteiger partial charge in [-0.15, -0.1) is 0 Å². The summed E-state index contributed by atoms with van der Waals surface area (Å²) in [6.07, 6.45) is 0. The first kappa shape index (κ1) is 20.4. The number of amides is 1. The van der Waals surface area contributed by atoms with Gasteiger partial charge in [0.05, 0.1) is 36.0 Å². The number of nitriles is 1. The Morgan fingerprint density at radius 3 is 2.62 bits per heavy atom. The summed E-state index contributed by atoms with van der Waals surface area (Å²) in [5.41, 5.74) is 3.35. The first-order valence-corrected chi connectivity index (χ1v) is 9.46. The highest BCUT2D eigenvalue weighted by Crippen LogP contribution is 2.38. The molecule has 3 rings (SSSR count). The number of carbonyl (C=O) groups is 1. The number of nitrogens with one attached hydrogen (secondary N) is 1. The molecule has 0 bridgehead atoms. The van der Waals surface area contributed by atoms with Gasteiger partial charge in [-0.05, 0) is 49.0 Å². The molecule has 1 heterocycles. The quantitative estimate of drug-likeness (QED) is 0.786. The molecule has 0 radical (unpaired) electrons. The lowest BCUT2D eigenvalue weighted by Gasteiger charge is -2.39. The molecule has 0 spiro atoms. The zero-order chi connectivity index (χ0) is 21.1. The van der Waals surface area contributed by atoms with Gasteiger partial charge in [0.15, 0.2) is 5.11 Å². The van der Waals surface area contributed by atoms with E-state index in [1.807, 2.05) is 42.2 Å². The van der Waals surface area contributed by atoms with Crippen LogP contribution in [0.15, 0.2) is 59.8 Å². The third kappa shape index (κ3) is 3.80. The number of hydrogen-bond donors (Lipinski definition) is 1. The monoisotopic (exact) mass is 406 g/mol. The molecule has 2 aromatic carbocycles. The predicted octanol–water partition coefficient (Wildman–Crippen LogP) is 3.36. The summed E-state index contributed by atoms with van der Waals surface area (Å²) in [5.74, 6) is 0.516. The van der Waals surface area contributed by atoms with Crippen molar-refractivity contribution < 1.29 is 9.53 Å². The first-order valence-electron chi connectivity index (χ1n) is 9.05. The van der Waals surface area contributed by atoms with Gasteiger partial charge in [-0.1, -0.05) is 24.3 Å². The highest BCUT2D eigenvalue weighted by atomic mass is 32.1. The topological polar surface area (TPSA) is 68.6 Å². The Bertz CT molecular complexity index is 1040. The van der Waals surface area contributed by atoms with Gasteiger partial charge in [0.25, 0.3) is 5.91 Å². The van der Waals surface area contributed by atoms with E-state index in [0.29, 0.717) is 27.7 Å². The Labute approximate surface area is 176 Å². The summed E-state index contributed by atoms with van der Waals surface area (Å²) in [6, 6.07) is 16.4. The minimum Gasteiger partial charge on any atom is -0.495 e. The lowest BCUT2D eigenvalue weighted by molar-refractivity contribution is -0.125. The van der Waals surface area contributed by atoms with Crippen molar-refractivity contribution in [2.24, 2.45) is 0 Å². The molecule has 6 nitrogen and oxygen atoms in total. The second-order valence-corrected chi connectivity index (χ2v) is 7.21. The molecular weight excluding hydrogens is 384 g/mol. The third-order valence-electron chi connectivity index (χ3n) is 4.80. The first-order chi connectivity index (χ1) is 13.9. The van der Waals surface area contributed by atoms with Crippen LogP contribution >= 0.6 is 12.2 Å². The van der Waals surface area contributed by atoms with Crippen molar-refractivity contribution in [3.05, 3.63) is 70.9 Å². The molecule has 148 valence electrons. The van der Waals surface area contributed by atoms with E-state index in [2.05, 4.69) is 11.4 Å². The lowest BCUT2D eigenvalue weighted by Crippen LogP contribution is -2.49. The summed E-state index contributed by atoms with van der Waals surface area (Å²) in [5, 5.41) is 13.0. The van der Waals surface area contributed by atoms with Crippen molar-refractivity contribution in [2.45, 2.75) is 13.0 Å². The standard InChI is InChI=1S/C22H22N4O2S/c1-14-19(21(27)25(2)3)20(16-9-7-8-15(12-16)13-23)24-22(29)26(14)17-10-5-6-11-18(17)28-4/h5-12,20H,1-4H3,(H,24,29)/t20-/m1/s1. The van der Waals surface area contributed by atoms with Gasteiger partial charge in [0, 0.05) is 19.8 Å².